The Kier molecular flexibility index (Phi) is 8.67. The predicted octanol–water partition coefficient (Wildman–Crippen LogP) is 4.24. The van der Waals surface area contributed by atoms with Crippen molar-refractivity contribution >= 4 is 16.0 Å². The van der Waals surface area contributed by atoms with Gasteiger partial charge in [-0.25, -0.2) is 8.42 Å². The van der Waals surface area contributed by atoms with E-state index >= 15 is 0 Å². The largest absolute Gasteiger partial charge is 0.464 e. The highest BCUT2D eigenvalue weighted by Crippen LogP contribution is 2.26. The highest BCUT2D eigenvalue weighted by Gasteiger charge is 2.38. The van der Waals surface area contributed by atoms with Crippen molar-refractivity contribution in [1.29, 1.82) is 0 Å². The molecule has 1 aromatic carbocycles. The monoisotopic (exact) mass is 403 g/mol. The van der Waals surface area contributed by atoms with Crippen molar-refractivity contribution in [3.05, 3.63) is 67.3 Å². The van der Waals surface area contributed by atoms with Crippen molar-refractivity contribution < 1.29 is 17.9 Å². The average molecular weight is 404 g/mol. The zero-order valence-corrected chi connectivity index (χ0v) is 17.1. The first-order chi connectivity index (χ1) is 13.5. The van der Waals surface area contributed by atoms with E-state index in [0.717, 1.165) is 31.3 Å². The number of carbonyl (C=O) groups excluding carboxylic acids is 1. The fourth-order valence-electron chi connectivity index (χ4n) is 3.26. The van der Waals surface area contributed by atoms with Crippen molar-refractivity contribution in [3.8, 4) is 0 Å². The van der Waals surface area contributed by atoms with Crippen LogP contribution in [0, 0.1) is 0 Å². The first kappa shape index (κ1) is 22.1. The van der Waals surface area contributed by atoms with Crippen molar-refractivity contribution in [2.45, 2.75) is 49.5 Å². The molecule has 0 amide bonds. The number of carbonyl (C=O) groups is 1. The Morgan fingerprint density at radius 2 is 1.93 bits per heavy atom. The van der Waals surface area contributed by atoms with Crippen molar-refractivity contribution in [3.63, 3.8) is 0 Å². The second kappa shape index (κ2) is 11.0. The molecule has 1 aromatic rings. The molecule has 1 atom stereocenters. The summed E-state index contributed by atoms with van der Waals surface area (Å²) in [5.41, 5.74) is 1.09. The van der Waals surface area contributed by atoms with Gasteiger partial charge in [0.05, 0.1) is 11.5 Å². The van der Waals surface area contributed by atoms with Crippen molar-refractivity contribution in [2.24, 2.45) is 0 Å². The van der Waals surface area contributed by atoms with Gasteiger partial charge in [0.2, 0.25) is 10.0 Å². The molecule has 0 N–H and O–H groups in total. The third-order valence-electron chi connectivity index (χ3n) is 4.77. The Labute approximate surface area is 168 Å². The molecule has 1 heterocycles. The first-order valence-corrected chi connectivity index (χ1v) is 11.1. The van der Waals surface area contributed by atoms with Crippen LogP contribution in [0.2, 0.25) is 0 Å². The van der Waals surface area contributed by atoms with Crippen LogP contribution in [0.4, 0.5) is 0 Å². The van der Waals surface area contributed by atoms with E-state index in [2.05, 4.69) is 13.2 Å². The molecule has 1 aliphatic heterocycles. The van der Waals surface area contributed by atoms with Crippen LogP contribution in [0.1, 0.15) is 38.5 Å². The normalized spacial score (nSPS) is 18.4. The van der Waals surface area contributed by atoms with Crippen LogP contribution in [-0.4, -0.2) is 37.9 Å². The summed E-state index contributed by atoms with van der Waals surface area (Å²) in [6.07, 6.45) is 9.89. The number of allylic oxidation sites excluding steroid dienone is 4. The van der Waals surface area contributed by atoms with Gasteiger partial charge in [-0.3, -0.25) is 4.79 Å². The zero-order chi connectivity index (χ0) is 20.4. The fraction of sp³-hybridized carbons (Fsp3) is 0.409. The average Bonchev–Trinajstić information content (AvgIpc) is 2.73. The lowest BCUT2D eigenvalue weighted by Crippen LogP contribution is -2.48. The molecule has 2 rings (SSSR count). The first-order valence-electron chi connectivity index (χ1n) is 9.68. The molecule has 1 unspecified atom stereocenters. The molecule has 0 spiro atoms. The molecule has 5 nitrogen and oxygen atoms in total. The summed E-state index contributed by atoms with van der Waals surface area (Å²) in [6.45, 7) is 8.05. The minimum Gasteiger partial charge on any atom is -0.464 e. The van der Waals surface area contributed by atoms with Crippen LogP contribution in [0.25, 0.3) is 0 Å². The molecule has 0 radical (unpaired) electrons. The molecule has 152 valence electrons. The summed E-state index contributed by atoms with van der Waals surface area (Å²) in [5.74, 6) is -0.454. The van der Waals surface area contributed by atoms with Crippen molar-refractivity contribution in [1.82, 2.24) is 4.31 Å². The van der Waals surface area contributed by atoms with Crippen LogP contribution in [-0.2, 0) is 19.6 Å². The maximum absolute atomic E-state index is 12.9. The van der Waals surface area contributed by atoms with E-state index in [1.54, 1.807) is 42.5 Å². The van der Waals surface area contributed by atoms with E-state index in [9.17, 15) is 13.2 Å². The van der Waals surface area contributed by atoms with Crippen molar-refractivity contribution in [2.75, 3.05) is 13.2 Å². The summed E-state index contributed by atoms with van der Waals surface area (Å²) in [4.78, 5) is 12.8. The Hall–Kier alpha value is -2.18. The zero-order valence-electron chi connectivity index (χ0n) is 16.3. The summed E-state index contributed by atoms with van der Waals surface area (Å²) in [5, 5.41) is 0. The molecule has 1 aliphatic rings. The number of nitrogens with zero attached hydrogens (tertiary/aromatic N) is 1. The maximum Gasteiger partial charge on any atom is 0.324 e. The highest BCUT2D eigenvalue weighted by molar-refractivity contribution is 7.89. The second-order valence-electron chi connectivity index (χ2n) is 6.75. The number of unbranched alkanes of at least 4 members (excludes halogenated alkanes) is 1. The third-order valence-corrected chi connectivity index (χ3v) is 6.70. The molecule has 0 bridgehead atoms. The molecular weight excluding hydrogens is 374 g/mol. The van der Waals surface area contributed by atoms with Gasteiger partial charge >= 0.3 is 5.97 Å². The Balaban J connectivity index is 1.93. The number of benzene rings is 1. The van der Waals surface area contributed by atoms with Gasteiger partial charge in [0.15, 0.2) is 0 Å². The minimum atomic E-state index is -3.71. The Morgan fingerprint density at radius 3 is 2.61 bits per heavy atom. The van der Waals surface area contributed by atoms with Gasteiger partial charge in [-0.15, -0.1) is 0 Å². The summed E-state index contributed by atoms with van der Waals surface area (Å²) in [7, 11) is -3.71. The molecule has 0 aromatic heterocycles. The highest BCUT2D eigenvalue weighted by atomic mass is 32.2. The van der Waals surface area contributed by atoms with Gasteiger partial charge in [0.25, 0.3) is 0 Å². The summed E-state index contributed by atoms with van der Waals surface area (Å²) < 4.78 is 32.6. The van der Waals surface area contributed by atoms with Gasteiger partial charge in [0, 0.05) is 6.54 Å². The molecule has 0 saturated carbocycles. The number of ether oxygens (including phenoxy) is 1. The van der Waals surface area contributed by atoms with E-state index in [4.69, 9.17) is 4.74 Å². The van der Waals surface area contributed by atoms with E-state index in [1.807, 2.05) is 6.08 Å². The second-order valence-corrected chi connectivity index (χ2v) is 8.64. The van der Waals surface area contributed by atoms with E-state index in [1.165, 1.54) is 4.31 Å². The molecule has 28 heavy (non-hydrogen) atoms. The lowest BCUT2D eigenvalue weighted by molar-refractivity contribution is -0.149. The van der Waals surface area contributed by atoms with E-state index in [-0.39, 0.29) is 11.5 Å². The predicted molar refractivity (Wildman–Crippen MR) is 111 cm³/mol. The number of rotatable bonds is 10. The fourth-order valence-corrected chi connectivity index (χ4v) is 4.93. The smallest absolute Gasteiger partial charge is 0.324 e. The Morgan fingerprint density at radius 1 is 1.18 bits per heavy atom. The van der Waals surface area contributed by atoms with E-state index < -0.39 is 22.0 Å². The van der Waals surface area contributed by atoms with Gasteiger partial charge in [-0.2, -0.15) is 4.31 Å². The molecule has 6 heteroatoms. The molecule has 0 aliphatic carbocycles. The minimum absolute atomic E-state index is 0.209. The van der Waals surface area contributed by atoms with Crippen LogP contribution >= 0.6 is 0 Å². The van der Waals surface area contributed by atoms with E-state index in [0.29, 0.717) is 19.4 Å². The topological polar surface area (TPSA) is 63.7 Å². The van der Waals surface area contributed by atoms with Crippen LogP contribution in [0.15, 0.2) is 72.2 Å². The third kappa shape index (κ3) is 5.91. The Bertz CT molecular complexity index is 799. The number of piperidine rings is 1. The van der Waals surface area contributed by atoms with Crippen LogP contribution in [0.3, 0.4) is 0 Å². The quantitative estimate of drug-likeness (QED) is 0.333. The van der Waals surface area contributed by atoms with Gasteiger partial charge in [0.1, 0.15) is 6.04 Å². The van der Waals surface area contributed by atoms with Crippen LogP contribution < -0.4 is 0 Å². The number of hydrogen-bond donors (Lipinski definition) is 0. The lowest BCUT2D eigenvalue weighted by atomic mass is 10.1. The maximum atomic E-state index is 12.9. The number of sulfonamides is 1. The standard InChI is InChI=1S/C22H29NO4S/c1-3-12-19(4-2)13-9-11-18-27-22(24)21-16-8-10-17-23(21)28(25,26)20-14-6-5-7-15-20/h3-7,12,14-15,21H,1-2,8-11,13,16-18H2/b19-12+. The SMILES string of the molecule is C=C/C=C(\C=C)CCCCOC(=O)C1CCCCN1S(=O)(=O)c1ccccc1. The van der Waals surface area contributed by atoms with Gasteiger partial charge in [-0.05, 0) is 56.2 Å². The molecular formula is C22H29NO4S. The summed E-state index contributed by atoms with van der Waals surface area (Å²) >= 11 is 0. The van der Waals surface area contributed by atoms with Gasteiger partial charge < -0.3 is 4.74 Å². The molecule has 1 saturated heterocycles. The number of hydrogen-bond acceptors (Lipinski definition) is 4. The van der Waals surface area contributed by atoms with Gasteiger partial charge in [-0.1, -0.05) is 49.6 Å². The summed E-state index contributed by atoms with van der Waals surface area (Å²) in [6, 6.07) is 7.50. The number of esters is 1. The molecule has 1 fully saturated rings. The van der Waals surface area contributed by atoms with Crippen LogP contribution in [0.5, 0.6) is 0 Å². The lowest BCUT2D eigenvalue weighted by Gasteiger charge is -2.33.